The maximum Gasteiger partial charge on any atom is 0.508 e. The molecule has 0 N–H and O–H groups in total. The van der Waals surface area contributed by atoms with Gasteiger partial charge in [-0.2, -0.15) is 0 Å². The quantitative estimate of drug-likeness (QED) is 0.0300. The van der Waals surface area contributed by atoms with Crippen molar-refractivity contribution in [3.63, 3.8) is 0 Å². The number of benzene rings is 3. The lowest BCUT2D eigenvalue weighted by Crippen LogP contribution is -2.33. The topological polar surface area (TPSA) is 54.0 Å². The van der Waals surface area contributed by atoms with Crippen LogP contribution in [-0.2, 0) is 24.5 Å². The first-order valence-corrected chi connectivity index (χ1v) is 20.0. The molecule has 0 aliphatic carbocycles. The molecule has 0 bridgehead atoms. The lowest BCUT2D eigenvalue weighted by atomic mass is 9.80. The second-order valence-corrected chi connectivity index (χ2v) is 13.8. The summed E-state index contributed by atoms with van der Waals surface area (Å²) in [6, 6.07) is 31.5. The van der Waals surface area contributed by atoms with Gasteiger partial charge in [-0.1, -0.05) is 201 Å². The summed E-state index contributed by atoms with van der Waals surface area (Å²) in [6.07, 6.45) is 21.6. The van der Waals surface area contributed by atoms with Gasteiger partial charge in [-0.15, -0.1) is 0 Å². The van der Waals surface area contributed by atoms with E-state index in [1.165, 1.54) is 77.0 Å². The van der Waals surface area contributed by atoms with Crippen LogP contribution >= 0.6 is 0 Å². The zero-order chi connectivity index (χ0) is 36.1. The van der Waals surface area contributed by atoms with E-state index in [9.17, 15) is 4.79 Å². The average molecular weight is 699 g/mol. The van der Waals surface area contributed by atoms with E-state index >= 15 is 0 Å². The number of carbonyl (C=O) groups is 1. The third kappa shape index (κ3) is 17.1. The Hall–Kier alpha value is -3.41. The summed E-state index contributed by atoms with van der Waals surface area (Å²) in [7, 11) is 0. The zero-order valence-electron chi connectivity index (χ0n) is 31.7. The Labute approximate surface area is 310 Å². The Morgan fingerprint density at radius 3 is 1.33 bits per heavy atom. The smallest absolute Gasteiger partial charge is 0.434 e. The van der Waals surface area contributed by atoms with Crippen molar-refractivity contribution in [1.29, 1.82) is 0 Å². The summed E-state index contributed by atoms with van der Waals surface area (Å²) in [5.41, 5.74) is 3.43. The molecule has 0 radical (unpaired) electrons. The van der Waals surface area contributed by atoms with Gasteiger partial charge in [0.25, 0.3) is 0 Å². The number of hydrogen-bond donors (Lipinski definition) is 0. The highest BCUT2D eigenvalue weighted by atomic mass is 16.7. The van der Waals surface area contributed by atoms with Crippen molar-refractivity contribution >= 4 is 6.16 Å². The van der Waals surface area contributed by atoms with Crippen molar-refractivity contribution in [3.8, 4) is 0 Å². The van der Waals surface area contributed by atoms with Crippen molar-refractivity contribution in [3.05, 3.63) is 120 Å². The van der Waals surface area contributed by atoms with Crippen molar-refractivity contribution in [2.45, 2.75) is 128 Å². The number of ether oxygens (including phenoxy) is 4. The van der Waals surface area contributed by atoms with Crippen molar-refractivity contribution in [2.75, 3.05) is 33.0 Å². The zero-order valence-corrected chi connectivity index (χ0v) is 31.7. The molecule has 0 saturated carbocycles. The predicted octanol–water partition coefficient (Wildman–Crippen LogP) is 12.8. The van der Waals surface area contributed by atoms with Gasteiger partial charge in [-0.05, 0) is 41.5 Å². The highest BCUT2D eigenvalue weighted by Gasteiger charge is 2.37. The van der Waals surface area contributed by atoms with E-state index in [4.69, 9.17) is 18.9 Å². The first kappa shape index (κ1) is 42.0. The molecule has 0 aliphatic rings. The molecule has 3 aromatic carbocycles. The largest absolute Gasteiger partial charge is 0.508 e. The van der Waals surface area contributed by atoms with Gasteiger partial charge in [0, 0.05) is 13.2 Å². The standard InChI is InChI=1S/C46H66O5/c1-3-4-5-6-7-8-9-10-11-12-13-14-15-28-37-49-45(47)50-40-41(2)39-48-36-27-16-17-29-38-51-46(42-30-21-18-22-31-42,43-32-23-19-24-33-43)44-34-25-20-26-35-44/h18-26,30-35H,2-17,27-29,36-40H2,1H3. The normalized spacial score (nSPS) is 11.4. The Kier molecular flexibility index (Phi) is 22.5. The van der Waals surface area contributed by atoms with Gasteiger partial charge in [0.05, 0.1) is 13.2 Å². The summed E-state index contributed by atoms with van der Waals surface area (Å²) >= 11 is 0. The van der Waals surface area contributed by atoms with Gasteiger partial charge >= 0.3 is 6.16 Å². The molecule has 0 aliphatic heterocycles. The monoisotopic (exact) mass is 698 g/mol. The molecule has 5 nitrogen and oxygen atoms in total. The van der Waals surface area contributed by atoms with Gasteiger partial charge in [-0.25, -0.2) is 4.79 Å². The molecule has 0 spiro atoms. The lowest BCUT2D eigenvalue weighted by Gasteiger charge is -2.36. The highest BCUT2D eigenvalue weighted by Crippen LogP contribution is 2.40. The van der Waals surface area contributed by atoms with Crippen molar-refractivity contribution < 1.29 is 23.7 Å². The third-order valence-corrected chi connectivity index (χ3v) is 9.46. The SMILES string of the molecule is C=C(COCCCCCCOC(c1ccccc1)(c1ccccc1)c1ccccc1)COC(=O)OCCCCCCCCCCCCCCCC. The summed E-state index contributed by atoms with van der Waals surface area (Å²) < 4.78 is 23.1. The molecule has 0 unspecified atom stereocenters. The van der Waals surface area contributed by atoms with Crippen LogP contribution in [0.1, 0.15) is 139 Å². The van der Waals surface area contributed by atoms with Crippen LogP contribution in [0.25, 0.3) is 0 Å². The van der Waals surface area contributed by atoms with E-state index in [-0.39, 0.29) is 6.61 Å². The molecule has 3 aromatic rings. The lowest BCUT2D eigenvalue weighted by molar-refractivity contribution is 0.0104. The van der Waals surface area contributed by atoms with Crippen LogP contribution in [-0.4, -0.2) is 39.2 Å². The number of carbonyl (C=O) groups excluding carboxylic acids is 1. The Balaban J connectivity index is 1.18. The van der Waals surface area contributed by atoms with Crippen LogP contribution in [0.4, 0.5) is 4.79 Å². The van der Waals surface area contributed by atoms with Gasteiger partial charge in [-0.3, -0.25) is 0 Å². The molecule has 5 heteroatoms. The fourth-order valence-corrected chi connectivity index (χ4v) is 6.57. The van der Waals surface area contributed by atoms with Crippen molar-refractivity contribution in [1.82, 2.24) is 0 Å². The summed E-state index contributed by atoms with van der Waals surface area (Å²) in [6.45, 7) is 8.46. The van der Waals surface area contributed by atoms with Crippen LogP contribution in [0.3, 0.4) is 0 Å². The van der Waals surface area contributed by atoms with E-state index in [0.29, 0.717) is 26.4 Å². The fraction of sp³-hybridized carbons (Fsp3) is 0.543. The maximum absolute atomic E-state index is 12.0. The second-order valence-electron chi connectivity index (χ2n) is 13.8. The molecule has 0 atom stereocenters. The number of rotatable bonds is 30. The van der Waals surface area contributed by atoms with E-state index in [2.05, 4.69) is 86.3 Å². The highest BCUT2D eigenvalue weighted by molar-refractivity contribution is 5.60. The van der Waals surface area contributed by atoms with Gasteiger partial charge in [0.1, 0.15) is 12.2 Å². The summed E-state index contributed by atoms with van der Waals surface area (Å²) in [4.78, 5) is 12.0. The molecule has 0 heterocycles. The molecular weight excluding hydrogens is 633 g/mol. The fourth-order valence-electron chi connectivity index (χ4n) is 6.57. The minimum atomic E-state index is -0.673. The van der Waals surface area contributed by atoms with Crippen LogP contribution in [0.15, 0.2) is 103 Å². The molecule has 51 heavy (non-hydrogen) atoms. The predicted molar refractivity (Wildman–Crippen MR) is 211 cm³/mol. The van der Waals surface area contributed by atoms with Crippen molar-refractivity contribution in [2.24, 2.45) is 0 Å². The molecule has 0 saturated heterocycles. The van der Waals surface area contributed by atoms with Gasteiger partial charge in [0.15, 0.2) is 0 Å². The summed E-state index contributed by atoms with van der Waals surface area (Å²) in [5.74, 6) is 0. The molecule has 0 amide bonds. The Morgan fingerprint density at radius 1 is 0.490 bits per heavy atom. The molecule has 3 rings (SSSR count). The molecule has 280 valence electrons. The molecule has 0 fully saturated rings. The van der Waals surface area contributed by atoms with E-state index in [0.717, 1.165) is 60.8 Å². The first-order chi connectivity index (χ1) is 25.2. The minimum absolute atomic E-state index is 0.126. The Bertz CT molecular complexity index is 1180. The van der Waals surface area contributed by atoms with Crippen LogP contribution in [0, 0.1) is 0 Å². The first-order valence-electron chi connectivity index (χ1n) is 20.0. The molecule has 0 aromatic heterocycles. The second kappa shape index (κ2) is 27.3. The van der Waals surface area contributed by atoms with E-state index in [1.54, 1.807) is 0 Å². The van der Waals surface area contributed by atoms with E-state index in [1.807, 2.05) is 18.2 Å². The summed E-state index contributed by atoms with van der Waals surface area (Å²) in [5, 5.41) is 0. The van der Waals surface area contributed by atoms with Crippen LogP contribution < -0.4 is 0 Å². The third-order valence-electron chi connectivity index (χ3n) is 9.46. The maximum atomic E-state index is 12.0. The minimum Gasteiger partial charge on any atom is -0.434 e. The average Bonchev–Trinajstić information content (AvgIpc) is 3.17. The number of unbranched alkanes of at least 4 members (excludes halogenated alkanes) is 16. The Morgan fingerprint density at radius 2 is 0.882 bits per heavy atom. The van der Waals surface area contributed by atoms with Gasteiger partial charge in [0.2, 0.25) is 0 Å². The molecular formula is C46H66O5. The van der Waals surface area contributed by atoms with Crippen LogP contribution in [0.2, 0.25) is 0 Å². The van der Waals surface area contributed by atoms with E-state index < -0.39 is 11.8 Å². The number of hydrogen-bond acceptors (Lipinski definition) is 5. The van der Waals surface area contributed by atoms with Crippen LogP contribution in [0.5, 0.6) is 0 Å². The van der Waals surface area contributed by atoms with Gasteiger partial charge < -0.3 is 18.9 Å².